The highest BCUT2D eigenvalue weighted by Gasteiger charge is 2.26. The molecule has 0 radical (unpaired) electrons. The molecule has 0 unspecified atom stereocenters. The Labute approximate surface area is 199 Å². The third kappa shape index (κ3) is 3.85. The van der Waals surface area contributed by atoms with Crippen molar-refractivity contribution in [3.05, 3.63) is 65.1 Å². The topological polar surface area (TPSA) is 80.6 Å². The Hall–Kier alpha value is -3.61. The maximum Gasteiger partial charge on any atom is 0.171 e. The minimum atomic E-state index is -1.39. The monoisotopic (exact) mass is 484 g/mol. The molecule has 1 aliphatic rings. The molecule has 0 saturated carbocycles. The van der Waals surface area contributed by atoms with Crippen LogP contribution in [0.1, 0.15) is 11.3 Å². The van der Waals surface area contributed by atoms with Gasteiger partial charge in [0.05, 0.1) is 27.9 Å². The van der Waals surface area contributed by atoms with E-state index < -0.39 is 23.0 Å². The van der Waals surface area contributed by atoms with Crippen molar-refractivity contribution in [2.45, 2.75) is 6.92 Å². The van der Waals surface area contributed by atoms with Gasteiger partial charge < -0.3 is 10.2 Å². The van der Waals surface area contributed by atoms with Crippen LogP contribution < -0.4 is 10.2 Å². The van der Waals surface area contributed by atoms with Gasteiger partial charge in [0, 0.05) is 37.4 Å². The highest BCUT2D eigenvalue weighted by atomic mass is 35.5. The molecule has 0 spiro atoms. The first-order chi connectivity index (χ1) is 16.0. The average Bonchev–Trinajstić information content (AvgIpc) is 3.21. The number of aromatic nitrogens is 3. The van der Waals surface area contributed by atoms with Crippen molar-refractivity contribution in [1.82, 2.24) is 20.5 Å². The molecule has 5 rings (SSSR count). The number of nitrogens with one attached hydrogen (secondary N) is 2. The summed E-state index contributed by atoms with van der Waals surface area (Å²) >= 11 is 0. The molecule has 10 heteroatoms. The number of nitrogens with zero attached hydrogens (tertiary/aromatic N) is 4. The Morgan fingerprint density at radius 1 is 0.971 bits per heavy atom. The molecule has 2 N–H and O–H groups in total. The summed E-state index contributed by atoms with van der Waals surface area (Å²) in [4.78, 5) is 6.52. The van der Waals surface area contributed by atoms with Gasteiger partial charge in [-0.25, -0.2) is 18.2 Å². The van der Waals surface area contributed by atoms with Gasteiger partial charge in [-0.05, 0) is 36.8 Å². The highest BCUT2D eigenvalue weighted by molar-refractivity contribution is 6.01. The van der Waals surface area contributed by atoms with Crippen molar-refractivity contribution >= 4 is 29.1 Å². The van der Waals surface area contributed by atoms with Crippen molar-refractivity contribution in [3.63, 3.8) is 0 Å². The van der Waals surface area contributed by atoms with Crippen molar-refractivity contribution in [2.75, 3.05) is 31.1 Å². The van der Waals surface area contributed by atoms with E-state index in [9.17, 15) is 18.4 Å². The SMILES string of the molecule is Cc1n[nH]c2nc(-c3c(F)ccc(F)c3F)c(C#N)c(-c3ccc(N4CCNCC4)cc3)c12.Cl. The van der Waals surface area contributed by atoms with Gasteiger partial charge in [0.25, 0.3) is 0 Å². The van der Waals surface area contributed by atoms with Crippen LogP contribution in [0.3, 0.4) is 0 Å². The van der Waals surface area contributed by atoms with Gasteiger partial charge in [-0.2, -0.15) is 10.4 Å². The number of hydrogen-bond acceptors (Lipinski definition) is 5. The van der Waals surface area contributed by atoms with Crippen LogP contribution in [-0.4, -0.2) is 41.4 Å². The first-order valence-corrected chi connectivity index (χ1v) is 10.5. The van der Waals surface area contributed by atoms with E-state index in [0.717, 1.165) is 37.9 Å². The van der Waals surface area contributed by atoms with Crippen LogP contribution in [-0.2, 0) is 0 Å². The Morgan fingerprint density at radius 2 is 1.65 bits per heavy atom. The molecule has 174 valence electrons. The maximum absolute atomic E-state index is 14.7. The van der Waals surface area contributed by atoms with Crippen LogP contribution >= 0.6 is 12.4 Å². The van der Waals surface area contributed by atoms with E-state index >= 15 is 0 Å². The molecule has 1 aliphatic heterocycles. The lowest BCUT2D eigenvalue weighted by Crippen LogP contribution is -2.43. The quantitative estimate of drug-likeness (QED) is 0.411. The predicted molar refractivity (Wildman–Crippen MR) is 126 cm³/mol. The number of benzene rings is 2. The lowest BCUT2D eigenvalue weighted by atomic mass is 9.92. The molecule has 0 amide bonds. The van der Waals surface area contributed by atoms with Crippen LogP contribution in [0.4, 0.5) is 18.9 Å². The minimum absolute atomic E-state index is 0. The third-order valence-electron chi connectivity index (χ3n) is 5.92. The second kappa shape index (κ2) is 9.33. The van der Waals surface area contributed by atoms with Gasteiger partial charge in [0.15, 0.2) is 17.3 Å². The predicted octanol–water partition coefficient (Wildman–Crippen LogP) is 4.72. The molecule has 1 fully saturated rings. The molecule has 2 aromatic heterocycles. The van der Waals surface area contributed by atoms with Crippen molar-refractivity contribution in [2.24, 2.45) is 0 Å². The molecular formula is C24H20ClF3N6. The molecule has 0 aliphatic carbocycles. The molecule has 0 atom stereocenters. The molecular weight excluding hydrogens is 465 g/mol. The van der Waals surface area contributed by atoms with Crippen LogP contribution in [0.15, 0.2) is 36.4 Å². The molecule has 2 aromatic carbocycles. The van der Waals surface area contributed by atoms with E-state index in [4.69, 9.17) is 0 Å². The van der Waals surface area contributed by atoms with Crippen molar-refractivity contribution in [1.29, 1.82) is 5.26 Å². The normalized spacial score (nSPS) is 13.6. The number of halogens is 4. The summed E-state index contributed by atoms with van der Waals surface area (Å²) in [5, 5.41) is 20.9. The van der Waals surface area contributed by atoms with Gasteiger partial charge in [0.2, 0.25) is 0 Å². The van der Waals surface area contributed by atoms with Gasteiger partial charge in [-0.15, -0.1) is 12.4 Å². The van der Waals surface area contributed by atoms with Crippen LogP contribution in [0, 0.1) is 35.7 Å². The summed E-state index contributed by atoms with van der Waals surface area (Å²) in [5.74, 6) is -3.62. The number of fused-ring (bicyclic) bond motifs is 1. The molecule has 0 bridgehead atoms. The third-order valence-corrected chi connectivity index (χ3v) is 5.92. The van der Waals surface area contributed by atoms with Gasteiger partial charge in [0.1, 0.15) is 11.9 Å². The number of aryl methyl sites for hydroxylation is 1. The lowest BCUT2D eigenvalue weighted by Gasteiger charge is -2.29. The Morgan fingerprint density at radius 3 is 2.32 bits per heavy atom. The van der Waals surface area contributed by atoms with E-state index in [-0.39, 0.29) is 29.3 Å². The molecule has 4 aromatic rings. The highest BCUT2D eigenvalue weighted by Crippen LogP contribution is 2.39. The lowest BCUT2D eigenvalue weighted by molar-refractivity contribution is 0.498. The summed E-state index contributed by atoms with van der Waals surface area (Å²) in [6.07, 6.45) is 0. The summed E-state index contributed by atoms with van der Waals surface area (Å²) in [6, 6.07) is 11.2. The fraction of sp³-hybridized carbons (Fsp3) is 0.208. The van der Waals surface area contributed by atoms with Crippen LogP contribution in [0.5, 0.6) is 0 Å². The number of pyridine rings is 1. The average molecular weight is 485 g/mol. The van der Waals surface area contributed by atoms with Crippen molar-refractivity contribution in [3.8, 4) is 28.5 Å². The van der Waals surface area contributed by atoms with Gasteiger partial charge >= 0.3 is 0 Å². The zero-order valence-electron chi connectivity index (χ0n) is 18.1. The van der Waals surface area contributed by atoms with Crippen LogP contribution in [0.2, 0.25) is 0 Å². The van der Waals surface area contributed by atoms with E-state index in [1.54, 1.807) is 6.92 Å². The first-order valence-electron chi connectivity index (χ1n) is 10.5. The van der Waals surface area contributed by atoms with Crippen molar-refractivity contribution < 1.29 is 13.2 Å². The number of piperazine rings is 1. The first kappa shape index (κ1) is 23.5. The summed E-state index contributed by atoms with van der Waals surface area (Å²) in [5.41, 5.74) is 1.98. The van der Waals surface area contributed by atoms with E-state index in [1.165, 1.54) is 0 Å². The van der Waals surface area contributed by atoms with E-state index in [2.05, 4.69) is 25.4 Å². The number of anilines is 1. The molecule has 3 heterocycles. The van der Waals surface area contributed by atoms with Gasteiger partial charge in [-0.1, -0.05) is 12.1 Å². The largest absolute Gasteiger partial charge is 0.369 e. The number of hydrogen-bond donors (Lipinski definition) is 2. The smallest absolute Gasteiger partial charge is 0.171 e. The zero-order valence-corrected chi connectivity index (χ0v) is 18.9. The number of rotatable bonds is 3. The van der Waals surface area contributed by atoms with E-state index in [0.29, 0.717) is 28.3 Å². The van der Waals surface area contributed by atoms with E-state index in [1.807, 2.05) is 30.3 Å². The Bertz CT molecular complexity index is 1410. The van der Waals surface area contributed by atoms with Gasteiger partial charge in [-0.3, -0.25) is 5.10 Å². The molecule has 34 heavy (non-hydrogen) atoms. The van der Waals surface area contributed by atoms with Crippen LogP contribution in [0.25, 0.3) is 33.4 Å². The summed E-state index contributed by atoms with van der Waals surface area (Å²) < 4.78 is 43.3. The summed E-state index contributed by atoms with van der Waals surface area (Å²) in [7, 11) is 0. The standard InChI is InChI=1S/C24H19F3N6.ClH/c1-13-19-20(14-2-4-15(5-3-14)33-10-8-29-9-11-33)16(12-28)23(30-24(19)32-31-13)21-17(25)6-7-18(26)22(21)27;/h2-7,29H,8-11H2,1H3,(H,30,31,32);1H. The number of H-pyrrole nitrogens is 1. The molecule has 6 nitrogen and oxygen atoms in total. The Balaban J connectivity index is 0.00000274. The molecule has 1 saturated heterocycles. The fourth-order valence-electron chi connectivity index (χ4n) is 4.30. The zero-order chi connectivity index (χ0) is 23.1. The maximum atomic E-state index is 14.7. The second-order valence-corrected chi connectivity index (χ2v) is 7.86. The summed E-state index contributed by atoms with van der Waals surface area (Å²) in [6.45, 7) is 5.31. The minimum Gasteiger partial charge on any atom is -0.369 e. The second-order valence-electron chi connectivity index (χ2n) is 7.86. The number of aromatic amines is 1. The number of nitriles is 1. The fourth-order valence-corrected chi connectivity index (χ4v) is 4.30. The Kier molecular flexibility index (Phi) is 6.46.